The molecule has 0 aliphatic carbocycles. The van der Waals surface area contributed by atoms with E-state index in [1.807, 2.05) is 0 Å². The van der Waals surface area contributed by atoms with Crippen molar-refractivity contribution in [3.63, 3.8) is 0 Å². The van der Waals surface area contributed by atoms with Crippen LogP contribution in [-0.2, 0) is 42.8 Å². The SMILES string of the molecule is COc1cc(/C=C/C(=O)OC[C@H]2O[C@@](CO)(O[C@H]3O[C@H](CO)[C@@H](OC(=O)/C=C/c4ccc(O)c(OC)c4)[C@H](O)[C@H]3O)[C@@H](OC(=O)/C=C/c3ccc(O)c(OC)c3)[C@@H]2O)ccc1O. The molecule has 3 aromatic carbocycles. The Bertz CT molecular complexity index is 2130. The Labute approximate surface area is 353 Å². The highest BCUT2D eigenvalue weighted by Crippen LogP contribution is 2.39. The largest absolute Gasteiger partial charge is 0.504 e. The van der Waals surface area contributed by atoms with Crippen LogP contribution in [0.4, 0.5) is 0 Å². The van der Waals surface area contributed by atoms with Gasteiger partial charge in [0.2, 0.25) is 5.79 Å². The number of hydrogen-bond donors (Lipinski definition) is 8. The number of phenols is 3. The lowest BCUT2D eigenvalue weighted by molar-refractivity contribution is -0.383. The summed E-state index contributed by atoms with van der Waals surface area (Å²) in [5.41, 5.74) is 1.25. The molecule has 62 heavy (non-hydrogen) atoms. The molecule has 334 valence electrons. The predicted octanol–water partition coefficient (Wildman–Crippen LogP) is 0.540. The number of phenolic OH excluding ortho intramolecular Hbond substituents is 3. The van der Waals surface area contributed by atoms with Crippen LogP contribution >= 0.6 is 0 Å². The van der Waals surface area contributed by atoms with Gasteiger partial charge in [-0.25, -0.2) is 14.4 Å². The van der Waals surface area contributed by atoms with Crippen molar-refractivity contribution >= 4 is 36.1 Å². The molecule has 0 spiro atoms. The summed E-state index contributed by atoms with van der Waals surface area (Å²) < 4.78 is 48.7. The number of aliphatic hydroxyl groups excluding tert-OH is 5. The third-order valence-corrected chi connectivity index (χ3v) is 9.56. The number of carbonyl (C=O) groups is 3. The monoisotopic (exact) mass is 870 g/mol. The van der Waals surface area contributed by atoms with Crippen LogP contribution in [0.3, 0.4) is 0 Å². The Kier molecular flexibility index (Phi) is 15.9. The van der Waals surface area contributed by atoms with E-state index in [9.17, 15) is 55.2 Å². The quantitative estimate of drug-likeness (QED) is 0.0522. The van der Waals surface area contributed by atoms with E-state index in [0.29, 0.717) is 16.7 Å². The maximum Gasteiger partial charge on any atom is 0.331 e. The number of benzene rings is 3. The van der Waals surface area contributed by atoms with Crippen LogP contribution < -0.4 is 14.2 Å². The van der Waals surface area contributed by atoms with Gasteiger partial charge in [-0.2, -0.15) is 0 Å². The van der Waals surface area contributed by atoms with Gasteiger partial charge in [-0.1, -0.05) is 18.2 Å². The summed E-state index contributed by atoms with van der Waals surface area (Å²) in [6.07, 6.45) is -8.00. The van der Waals surface area contributed by atoms with E-state index >= 15 is 0 Å². The molecular weight excluding hydrogens is 824 g/mol. The number of methoxy groups -OCH3 is 3. The van der Waals surface area contributed by atoms with Crippen LogP contribution in [0.15, 0.2) is 72.8 Å². The van der Waals surface area contributed by atoms with E-state index in [-0.39, 0.29) is 34.5 Å². The van der Waals surface area contributed by atoms with E-state index in [1.54, 1.807) is 0 Å². The molecule has 20 nitrogen and oxygen atoms in total. The zero-order valence-electron chi connectivity index (χ0n) is 33.4. The number of esters is 3. The maximum absolute atomic E-state index is 13.2. The maximum atomic E-state index is 13.2. The molecule has 20 heteroatoms. The van der Waals surface area contributed by atoms with Gasteiger partial charge in [0.05, 0.1) is 27.9 Å². The van der Waals surface area contributed by atoms with E-state index in [4.69, 9.17) is 42.6 Å². The van der Waals surface area contributed by atoms with Crippen molar-refractivity contribution in [1.29, 1.82) is 0 Å². The Morgan fingerprint density at radius 1 is 0.645 bits per heavy atom. The van der Waals surface area contributed by atoms with Crippen LogP contribution in [0.1, 0.15) is 16.7 Å². The smallest absolute Gasteiger partial charge is 0.331 e. The molecule has 5 rings (SSSR count). The lowest BCUT2D eigenvalue weighted by Gasteiger charge is -2.44. The van der Waals surface area contributed by atoms with Crippen molar-refractivity contribution in [1.82, 2.24) is 0 Å². The number of ether oxygens (including phenoxy) is 9. The first-order valence-electron chi connectivity index (χ1n) is 18.7. The van der Waals surface area contributed by atoms with E-state index in [1.165, 1.54) is 94.2 Å². The summed E-state index contributed by atoms with van der Waals surface area (Å²) in [5.74, 6) is -5.78. The number of aliphatic hydroxyl groups is 5. The van der Waals surface area contributed by atoms with Gasteiger partial charge in [-0.15, -0.1) is 0 Å². The highest BCUT2D eigenvalue weighted by molar-refractivity contribution is 5.88. The molecule has 2 heterocycles. The Balaban J connectivity index is 1.34. The van der Waals surface area contributed by atoms with Crippen LogP contribution in [0, 0.1) is 0 Å². The van der Waals surface area contributed by atoms with Gasteiger partial charge in [0.1, 0.15) is 43.7 Å². The Morgan fingerprint density at radius 3 is 1.56 bits per heavy atom. The summed E-state index contributed by atoms with van der Waals surface area (Å²) >= 11 is 0. The molecule has 9 atom stereocenters. The molecule has 0 unspecified atom stereocenters. The summed E-state index contributed by atoms with van der Waals surface area (Å²) in [5, 5.41) is 84.2. The van der Waals surface area contributed by atoms with Crippen LogP contribution in [-0.4, -0.2) is 155 Å². The minimum atomic E-state index is -2.61. The molecule has 2 aliphatic heterocycles. The third-order valence-electron chi connectivity index (χ3n) is 9.56. The molecule has 3 aromatic rings. The third kappa shape index (κ3) is 11.2. The number of rotatable bonds is 17. The number of carbonyl (C=O) groups excluding carboxylic acids is 3. The second-order valence-electron chi connectivity index (χ2n) is 13.6. The second-order valence-corrected chi connectivity index (χ2v) is 13.6. The molecule has 2 saturated heterocycles. The number of aromatic hydroxyl groups is 3. The first kappa shape index (κ1) is 46.8. The van der Waals surface area contributed by atoms with E-state index < -0.39 is 92.5 Å². The van der Waals surface area contributed by atoms with Gasteiger partial charge in [0, 0.05) is 18.2 Å². The summed E-state index contributed by atoms with van der Waals surface area (Å²) in [4.78, 5) is 38.7. The second kappa shape index (κ2) is 21.0. The van der Waals surface area contributed by atoms with Crippen molar-refractivity contribution in [3.8, 4) is 34.5 Å². The van der Waals surface area contributed by atoms with Gasteiger partial charge in [0.15, 0.2) is 53.0 Å². The van der Waals surface area contributed by atoms with Crippen molar-refractivity contribution in [3.05, 3.63) is 89.5 Å². The Hall–Kier alpha value is -6.23. The van der Waals surface area contributed by atoms with Crippen LogP contribution in [0.25, 0.3) is 18.2 Å². The van der Waals surface area contributed by atoms with Gasteiger partial charge in [0.25, 0.3) is 0 Å². The predicted molar refractivity (Wildman–Crippen MR) is 211 cm³/mol. The van der Waals surface area contributed by atoms with E-state index in [0.717, 1.165) is 18.2 Å². The number of hydrogen-bond acceptors (Lipinski definition) is 20. The average Bonchev–Trinajstić information content (AvgIpc) is 3.53. The molecule has 0 amide bonds. The van der Waals surface area contributed by atoms with Gasteiger partial charge >= 0.3 is 17.9 Å². The normalized spacial score (nSPS) is 26.1. The van der Waals surface area contributed by atoms with Crippen LogP contribution in [0.2, 0.25) is 0 Å². The van der Waals surface area contributed by atoms with Crippen molar-refractivity contribution in [2.24, 2.45) is 0 Å². The molecule has 8 N–H and O–H groups in total. The topological polar surface area (TPSA) is 296 Å². The molecule has 0 saturated carbocycles. The summed E-state index contributed by atoms with van der Waals surface area (Å²) in [6, 6.07) is 12.7. The Morgan fingerprint density at radius 2 is 1.11 bits per heavy atom. The lowest BCUT2D eigenvalue weighted by Crippen LogP contribution is -2.63. The minimum Gasteiger partial charge on any atom is -0.504 e. The molecular formula is C42H46O20. The fourth-order valence-electron chi connectivity index (χ4n) is 6.33. The molecule has 2 fully saturated rings. The summed E-state index contributed by atoms with van der Waals surface area (Å²) in [7, 11) is 4.00. The zero-order chi connectivity index (χ0) is 45.1. The van der Waals surface area contributed by atoms with E-state index in [2.05, 4.69) is 0 Å². The van der Waals surface area contributed by atoms with Gasteiger partial charge in [-0.05, 0) is 71.3 Å². The lowest BCUT2D eigenvalue weighted by atomic mass is 9.98. The zero-order valence-corrected chi connectivity index (χ0v) is 33.4. The molecule has 0 bridgehead atoms. The van der Waals surface area contributed by atoms with Crippen molar-refractivity contribution < 1.29 is 97.9 Å². The average molecular weight is 871 g/mol. The first-order chi connectivity index (χ1) is 29.6. The molecule has 0 radical (unpaired) electrons. The highest BCUT2D eigenvalue weighted by atomic mass is 16.8. The summed E-state index contributed by atoms with van der Waals surface area (Å²) in [6.45, 7) is -2.85. The standard InChI is InChI=1S/C42H46O20/c1-54-28-16-22(4-10-25(28)45)7-13-33(48)57-20-32-36(51)40(60-35(50)15-9-24-6-12-27(47)30(18-24)56-3)42(21-44,61-32)62-41-38(53)37(52)39(31(19-43)58-41)59-34(49)14-8-23-5-11-26(46)29(17-23)55-2/h4-18,31-32,36-41,43-47,51-53H,19-21H2,1-3H3/b13-7+,14-8+,15-9+/t31-,32-,36-,37-,38-,39-,40+,41-,42+/m1/s1. The minimum absolute atomic E-state index is 0.0980. The van der Waals surface area contributed by atoms with Gasteiger partial charge < -0.3 is 83.5 Å². The van der Waals surface area contributed by atoms with Gasteiger partial charge in [-0.3, -0.25) is 0 Å². The first-order valence-corrected chi connectivity index (χ1v) is 18.7. The fraction of sp³-hybridized carbons (Fsp3) is 0.357. The molecule has 2 aliphatic rings. The highest BCUT2D eigenvalue weighted by Gasteiger charge is 2.61. The fourth-order valence-corrected chi connectivity index (χ4v) is 6.33. The van der Waals surface area contributed by atoms with Crippen molar-refractivity contribution in [2.45, 2.75) is 54.8 Å². The van der Waals surface area contributed by atoms with Crippen molar-refractivity contribution in [2.75, 3.05) is 41.2 Å². The van der Waals surface area contributed by atoms with Crippen LogP contribution in [0.5, 0.6) is 34.5 Å². The molecule has 0 aromatic heterocycles.